The molecule has 1 fully saturated rings. The average Bonchev–Trinajstić information content (AvgIpc) is 3.03. The van der Waals surface area contributed by atoms with Crippen molar-refractivity contribution in [2.24, 2.45) is 15.8 Å². The number of aliphatic imine (C=N–C) groups is 1. The molecule has 11 nitrogen and oxygen atoms in total. The summed E-state index contributed by atoms with van der Waals surface area (Å²) in [5.74, 6) is 0.197. The first kappa shape index (κ1) is 15.2. The van der Waals surface area contributed by atoms with E-state index in [4.69, 9.17) is 16.0 Å². The maximum atomic E-state index is 14.5. The third-order valence-corrected chi connectivity index (χ3v) is 3.63. The molecule has 0 bridgehead atoms. The summed E-state index contributed by atoms with van der Waals surface area (Å²) in [5, 5.41) is 25.2. The number of rotatable bonds is 3. The highest BCUT2D eigenvalue weighted by molar-refractivity contribution is 5.93. The molecule has 1 aromatic rings. The first-order valence-electron chi connectivity index (χ1n) is 6.48. The van der Waals surface area contributed by atoms with Gasteiger partial charge in [0.1, 0.15) is 11.8 Å². The monoisotopic (exact) mass is 324 g/mol. The van der Waals surface area contributed by atoms with Crippen LogP contribution in [0.2, 0.25) is 0 Å². The van der Waals surface area contributed by atoms with Gasteiger partial charge in [-0.1, -0.05) is 11.7 Å². The van der Waals surface area contributed by atoms with Gasteiger partial charge in [-0.25, -0.2) is 9.37 Å². The predicted octanol–water partition coefficient (Wildman–Crippen LogP) is -0.370. The summed E-state index contributed by atoms with van der Waals surface area (Å²) in [5.41, 5.74) is 12.7. The maximum absolute atomic E-state index is 14.5. The minimum Gasteiger partial charge on any atom is -0.393 e. The van der Waals surface area contributed by atoms with E-state index < -0.39 is 30.8 Å². The van der Waals surface area contributed by atoms with Crippen LogP contribution >= 0.6 is 0 Å². The molecule has 2 aliphatic heterocycles. The molecule has 0 aliphatic carbocycles. The molecule has 0 amide bonds. The van der Waals surface area contributed by atoms with Gasteiger partial charge in [-0.2, -0.15) is 4.99 Å². The molecule has 12 heteroatoms. The van der Waals surface area contributed by atoms with E-state index in [1.807, 2.05) is 0 Å². The third-order valence-electron chi connectivity index (χ3n) is 3.63. The van der Waals surface area contributed by atoms with Crippen LogP contribution in [0.1, 0.15) is 11.9 Å². The largest absolute Gasteiger partial charge is 0.393 e. The number of ether oxygens (including phenoxy) is 1. The van der Waals surface area contributed by atoms with Crippen molar-refractivity contribution in [3.8, 4) is 0 Å². The lowest BCUT2D eigenvalue weighted by Gasteiger charge is -2.23. The summed E-state index contributed by atoms with van der Waals surface area (Å²) in [6, 6.07) is 0. The molecule has 4 atom stereocenters. The molecule has 1 saturated heterocycles. The minimum atomic E-state index is -2.13. The summed E-state index contributed by atoms with van der Waals surface area (Å²) in [4.78, 5) is 10.5. The van der Waals surface area contributed by atoms with Crippen LogP contribution in [-0.4, -0.2) is 50.3 Å². The number of aliphatic hydroxyl groups is 2. The number of imidazole rings is 1. The second kappa shape index (κ2) is 5.21. The zero-order chi connectivity index (χ0) is 16.8. The van der Waals surface area contributed by atoms with E-state index in [-0.39, 0.29) is 11.8 Å². The summed E-state index contributed by atoms with van der Waals surface area (Å²) in [6.45, 7) is 2.82. The SMILES string of the molecule is C=C1NC(N)=Nc2c1ncn2[C@@H]1O[C@@](CO)(N=[N+]=[N-])[C@@H](O)[C@H]1F. The third kappa shape index (κ3) is 2.12. The van der Waals surface area contributed by atoms with Gasteiger partial charge in [0.05, 0.1) is 18.6 Å². The van der Waals surface area contributed by atoms with E-state index in [9.17, 15) is 14.6 Å². The number of nitrogens with one attached hydrogen (secondary N) is 1. The zero-order valence-electron chi connectivity index (χ0n) is 11.7. The van der Waals surface area contributed by atoms with E-state index in [1.165, 1.54) is 10.9 Å². The number of halogens is 1. The van der Waals surface area contributed by atoms with Crippen LogP contribution < -0.4 is 11.1 Å². The molecule has 2 aliphatic rings. The Balaban J connectivity index is 2.05. The summed E-state index contributed by atoms with van der Waals surface area (Å²) in [6.07, 6.45) is -4.04. The Morgan fingerprint density at radius 2 is 2.43 bits per heavy atom. The summed E-state index contributed by atoms with van der Waals surface area (Å²) >= 11 is 0. The molecule has 0 radical (unpaired) electrons. The standard InChI is InChI=1S/C11H13FN8O3/c1-4-6-8(17-10(13)16-4)20(3-15-6)9-5(12)7(22)11(2-21,23-9)18-19-14/h3,5,7,9,21-22H,1-2H2,(H3,13,16,17)/t5-,7+,9-,11-/m1/s1. The molecule has 3 rings (SSSR count). The second-order valence-corrected chi connectivity index (χ2v) is 5.01. The Hall–Kier alpha value is -2.66. The summed E-state index contributed by atoms with van der Waals surface area (Å²) < 4.78 is 21.0. The number of hydrogen-bond acceptors (Lipinski definition) is 8. The number of hydrogen-bond donors (Lipinski definition) is 4. The Morgan fingerprint density at radius 1 is 1.70 bits per heavy atom. The van der Waals surface area contributed by atoms with Gasteiger partial charge < -0.3 is 26.0 Å². The smallest absolute Gasteiger partial charge is 0.201 e. The van der Waals surface area contributed by atoms with E-state index in [2.05, 4.69) is 31.9 Å². The Kier molecular flexibility index (Phi) is 3.45. The van der Waals surface area contributed by atoms with Crippen LogP contribution in [0.15, 0.2) is 23.0 Å². The molecule has 0 spiro atoms. The quantitative estimate of drug-likeness (QED) is 0.336. The van der Waals surface area contributed by atoms with Crippen molar-refractivity contribution in [2.75, 3.05) is 6.61 Å². The van der Waals surface area contributed by atoms with Gasteiger partial charge in [0.15, 0.2) is 24.2 Å². The number of nitrogens with zero attached hydrogens (tertiary/aromatic N) is 6. The van der Waals surface area contributed by atoms with Crippen LogP contribution in [0.3, 0.4) is 0 Å². The van der Waals surface area contributed by atoms with E-state index in [0.717, 1.165) is 0 Å². The van der Waals surface area contributed by atoms with Crippen molar-refractivity contribution in [3.05, 3.63) is 29.0 Å². The van der Waals surface area contributed by atoms with Gasteiger partial charge in [0, 0.05) is 4.91 Å². The molecule has 23 heavy (non-hydrogen) atoms. The Bertz CT molecular complexity index is 742. The number of alkyl halides is 1. The van der Waals surface area contributed by atoms with Crippen LogP contribution in [0, 0.1) is 0 Å². The predicted molar refractivity (Wildman–Crippen MR) is 75.7 cm³/mol. The fourth-order valence-electron chi connectivity index (χ4n) is 2.50. The van der Waals surface area contributed by atoms with Crippen molar-refractivity contribution in [1.29, 1.82) is 0 Å². The van der Waals surface area contributed by atoms with Crippen LogP contribution in [0.5, 0.6) is 0 Å². The molecular weight excluding hydrogens is 311 g/mol. The van der Waals surface area contributed by atoms with Crippen molar-refractivity contribution < 1.29 is 19.3 Å². The Labute approximate surface area is 128 Å². The van der Waals surface area contributed by atoms with Crippen LogP contribution in [-0.2, 0) is 4.74 Å². The van der Waals surface area contributed by atoms with E-state index in [1.54, 1.807) is 0 Å². The van der Waals surface area contributed by atoms with Crippen molar-refractivity contribution in [3.63, 3.8) is 0 Å². The lowest BCUT2D eigenvalue weighted by molar-refractivity contribution is -0.123. The number of aliphatic hydroxyl groups excluding tert-OH is 2. The first-order valence-corrected chi connectivity index (χ1v) is 6.48. The van der Waals surface area contributed by atoms with Crippen molar-refractivity contribution in [2.45, 2.75) is 24.2 Å². The second-order valence-electron chi connectivity index (χ2n) is 5.01. The molecule has 0 unspecified atom stereocenters. The highest BCUT2D eigenvalue weighted by atomic mass is 19.1. The van der Waals surface area contributed by atoms with Crippen LogP contribution in [0.25, 0.3) is 16.1 Å². The van der Waals surface area contributed by atoms with Gasteiger partial charge in [-0.05, 0) is 5.53 Å². The van der Waals surface area contributed by atoms with Crippen molar-refractivity contribution >= 4 is 17.5 Å². The van der Waals surface area contributed by atoms with Gasteiger partial charge in [0.2, 0.25) is 5.72 Å². The lowest BCUT2D eigenvalue weighted by Crippen LogP contribution is -2.43. The molecule has 5 N–H and O–H groups in total. The maximum Gasteiger partial charge on any atom is 0.201 e. The van der Waals surface area contributed by atoms with E-state index >= 15 is 0 Å². The Morgan fingerprint density at radius 3 is 3.09 bits per heavy atom. The lowest BCUT2D eigenvalue weighted by atomic mass is 10.1. The normalized spacial score (nSPS) is 32.7. The number of fused-ring (bicyclic) bond motifs is 1. The average molecular weight is 324 g/mol. The van der Waals surface area contributed by atoms with Crippen LogP contribution in [0.4, 0.5) is 10.2 Å². The first-order chi connectivity index (χ1) is 10.9. The number of aromatic nitrogens is 2. The molecule has 122 valence electrons. The molecule has 3 heterocycles. The topological polar surface area (TPSA) is 167 Å². The van der Waals surface area contributed by atoms with Crippen molar-refractivity contribution in [1.82, 2.24) is 14.9 Å². The summed E-state index contributed by atoms with van der Waals surface area (Å²) in [7, 11) is 0. The zero-order valence-corrected chi connectivity index (χ0v) is 11.7. The van der Waals surface area contributed by atoms with Gasteiger partial charge >= 0.3 is 0 Å². The van der Waals surface area contributed by atoms with Gasteiger partial charge in [0.25, 0.3) is 0 Å². The fourth-order valence-corrected chi connectivity index (χ4v) is 2.50. The fraction of sp³-hybridized carbons (Fsp3) is 0.455. The number of guanidine groups is 1. The molecular formula is C11H13FN8O3. The highest BCUT2D eigenvalue weighted by Crippen LogP contribution is 2.42. The van der Waals surface area contributed by atoms with E-state index in [0.29, 0.717) is 11.4 Å². The molecule has 0 saturated carbocycles. The van der Waals surface area contributed by atoms with Gasteiger partial charge in [-0.15, -0.1) is 0 Å². The minimum absolute atomic E-state index is 0.0293. The highest BCUT2D eigenvalue weighted by Gasteiger charge is 2.56. The number of nitrogens with two attached hydrogens (primary N) is 1. The molecule has 1 aromatic heterocycles. The van der Waals surface area contributed by atoms with Gasteiger partial charge in [-0.3, -0.25) is 4.57 Å². The number of azide groups is 1. The molecule has 0 aromatic carbocycles.